The highest BCUT2D eigenvalue weighted by atomic mass is 16.3. The van der Waals surface area contributed by atoms with Gasteiger partial charge in [0.2, 0.25) is 5.69 Å². The first-order valence-electron chi connectivity index (χ1n) is 10.5. The van der Waals surface area contributed by atoms with Crippen LogP contribution in [-0.2, 0) is 7.05 Å². The second-order valence-corrected chi connectivity index (χ2v) is 8.29. The fourth-order valence-corrected chi connectivity index (χ4v) is 5.01. The summed E-state index contributed by atoms with van der Waals surface area (Å²) >= 11 is 0. The standard InChI is InChI=1S/C26H25N2O/c1-17-15-21(18-9-5-4-6-10-18)25-20-13-12-19(27-2)16-23(20)29-26(25)24(17)22-11-7-8-14-28(22)3/h7-8,11-16,18H,4-6,9-10H2,1,3H3/q+1. The van der Waals surface area contributed by atoms with E-state index in [0.717, 1.165) is 27.8 Å². The lowest BCUT2D eigenvalue weighted by molar-refractivity contribution is -0.660. The maximum absolute atomic E-state index is 7.38. The lowest BCUT2D eigenvalue weighted by Crippen LogP contribution is -2.30. The van der Waals surface area contributed by atoms with Gasteiger partial charge < -0.3 is 4.42 Å². The summed E-state index contributed by atoms with van der Waals surface area (Å²) in [5.41, 5.74) is 7.39. The third-order valence-electron chi connectivity index (χ3n) is 6.44. The maximum Gasteiger partial charge on any atom is 0.216 e. The minimum absolute atomic E-state index is 0.588. The molecule has 0 saturated heterocycles. The number of benzene rings is 2. The van der Waals surface area contributed by atoms with Crippen LogP contribution in [0, 0.1) is 13.5 Å². The summed E-state index contributed by atoms with van der Waals surface area (Å²) in [7, 11) is 2.08. The van der Waals surface area contributed by atoms with E-state index in [2.05, 4.69) is 53.8 Å². The quantitative estimate of drug-likeness (QED) is 0.271. The number of aryl methyl sites for hydroxylation is 2. The second-order valence-electron chi connectivity index (χ2n) is 8.29. The summed E-state index contributed by atoms with van der Waals surface area (Å²) in [5.74, 6) is 0.588. The van der Waals surface area contributed by atoms with Crippen LogP contribution in [0.5, 0.6) is 0 Å². The van der Waals surface area contributed by atoms with Crippen LogP contribution < -0.4 is 4.57 Å². The zero-order chi connectivity index (χ0) is 20.0. The molecule has 0 unspecified atom stereocenters. The van der Waals surface area contributed by atoms with Crippen LogP contribution in [-0.4, -0.2) is 0 Å². The van der Waals surface area contributed by atoms with Gasteiger partial charge in [-0.25, -0.2) is 9.41 Å². The molecule has 2 aromatic heterocycles. The molecule has 0 N–H and O–H groups in total. The van der Waals surface area contributed by atoms with Gasteiger partial charge in [0.1, 0.15) is 18.2 Å². The molecule has 0 radical (unpaired) electrons. The zero-order valence-corrected chi connectivity index (χ0v) is 17.0. The Bertz CT molecular complexity index is 1270. The molecule has 144 valence electrons. The van der Waals surface area contributed by atoms with E-state index in [1.54, 1.807) is 0 Å². The summed E-state index contributed by atoms with van der Waals surface area (Å²) in [6.07, 6.45) is 8.53. The Kier molecular flexibility index (Phi) is 4.36. The molecule has 0 spiro atoms. The van der Waals surface area contributed by atoms with Crippen molar-refractivity contribution in [3.8, 4) is 11.3 Å². The van der Waals surface area contributed by atoms with E-state index in [9.17, 15) is 0 Å². The molecule has 1 fully saturated rings. The van der Waals surface area contributed by atoms with E-state index in [1.807, 2.05) is 18.2 Å². The highest BCUT2D eigenvalue weighted by molar-refractivity contribution is 6.12. The number of nitrogens with zero attached hydrogens (tertiary/aromatic N) is 2. The average Bonchev–Trinajstić information content (AvgIpc) is 3.13. The van der Waals surface area contributed by atoms with Crippen LogP contribution >= 0.6 is 0 Å². The number of aromatic nitrogens is 1. The predicted molar refractivity (Wildman–Crippen MR) is 117 cm³/mol. The van der Waals surface area contributed by atoms with E-state index in [-0.39, 0.29) is 0 Å². The second kappa shape index (κ2) is 7.04. The lowest BCUT2D eigenvalue weighted by Gasteiger charge is -2.23. The van der Waals surface area contributed by atoms with Gasteiger partial charge in [-0.15, -0.1) is 0 Å². The molecule has 2 heterocycles. The fourth-order valence-electron chi connectivity index (χ4n) is 5.01. The number of pyridine rings is 1. The first-order chi connectivity index (χ1) is 14.2. The first kappa shape index (κ1) is 17.9. The Morgan fingerprint density at radius 3 is 2.66 bits per heavy atom. The van der Waals surface area contributed by atoms with Crippen molar-refractivity contribution in [3.63, 3.8) is 0 Å². The van der Waals surface area contributed by atoms with E-state index >= 15 is 0 Å². The monoisotopic (exact) mass is 381 g/mol. The molecule has 0 bridgehead atoms. The van der Waals surface area contributed by atoms with Gasteiger partial charge in [0.25, 0.3) is 0 Å². The fraction of sp³-hybridized carbons (Fsp3) is 0.308. The van der Waals surface area contributed by atoms with Crippen molar-refractivity contribution in [3.05, 3.63) is 71.2 Å². The SMILES string of the molecule is [C-]#[N+]c1ccc2c(c1)oc1c(-c3cccc[n+]3C)c(C)cc(C3CCCCC3)c12. The molecule has 3 heteroatoms. The van der Waals surface area contributed by atoms with E-state index in [1.165, 1.54) is 48.6 Å². The van der Waals surface area contributed by atoms with E-state index < -0.39 is 0 Å². The maximum atomic E-state index is 7.38. The average molecular weight is 381 g/mol. The van der Waals surface area contributed by atoms with Crippen LogP contribution in [0.2, 0.25) is 0 Å². The summed E-state index contributed by atoms with van der Waals surface area (Å²) in [5, 5.41) is 2.38. The van der Waals surface area contributed by atoms with Gasteiger partial charge >= 0.3 is 0 Å². The Morgan fingerprint density at radius 1 is 1.07 bits per heavy atom. The molecular formula is C26H25N2O+. The molecule has 4 aromatic rings. The van der Waals surface area contributed by atoms with Gasteiger partial charge in [-0.3, -0.25) is 0 Å². The van der Waals surface area contributed by atoms with Crippen molar-refractivity contribution < 1.29 is 8.98 Å². The highest BCUT2D eigenvalue weighted by Crippen LogP contribution is 2.45. The smallest absolute Gasteiger partial charge is 0.216 e. The number of furan rings is 1. The lowest BCUT2D eigenvalue weighted by atomic mass is 9.81. The summed E-state index contributed by atoms with van der Waals surface area (Å²) in [6.45, 7) is 9.58. The van der Waals surface area contributed by atoms with Gasteiger partial charge in [-0.1, -0.05) is 37.5 Å². The van der Waals surface area contributed by atoms with Crippen molar-refractivity contribution in [1.82, 2.24) is 0 Å². The van der Waals surface area contributed by atoms with Crippen LogP contribution in [0.3, 0.4) is 0 Å². The number of hydrogen-bond acceptors (Lipinski definition) is 1. The largest absolute Gasteiger partial charge is 0.456 e. The minimum atomic E-state index is 0.588. The van der Waals surface area contributed by atoms with E-state index in [0.29, 0.717) is 11.6 Å². The number of hydrogen-bond donors (Lipinski definition) is 0. The molecule has 3 nitrogen and oxygen atoms in total. The summed E-state index contributed by atoms with van der Waals surface area (Å²) in [4.78, 5) is 3.60. The van der Waals surface area contributed by atoms with Crippen LogP contribution in [0.1, 0.15) is 49.1 Å². The van der Waals surface area contributed by atoms with Crippen molar-refractivity contribution in [1.29, 1.82) is 0 Å². The van der Waals surface area contributed by atoms with Gasteiger partial charge in [0, 0.05) is 22.9 Å². The molecule has 0 aliphatic heterocycles. The Labute approximate surface area is 171 Å². The zero-order valence-electron chi connectivity index (χ0n) is 17.0. The van der Waals surface area contributed by atoms with Crippen molar-refractivity contribution in [2.75, 3.05) is 0 Å². The molecule has 1 aliphatic carbocycles. The minimum Gasteiger partial charge on any atom is -0.456 e. The molecule has 0 atom stereocenters. The van der Waals surface area contributed by atoms with Crippen molar-refractivity contribution in [2.24, 2.45) is 7.05 Å². The van der Waals surface area contributed by atoms with Gasteiger partial charge in [0.05, 0.1) is 12.1 Å². The number of rotatable bonds is 2. The molecule has 0 amide bonds. The third-order valence-corrected chi connectivity index (χ3v) is 6.44. The summed E-state index contributed by atoms with van der Waals surface area (Å²) < 4.78 is 8.64. The van der Waals surface area contributed by atoms with Crippen LogP contribution in [0.25, 0.3) is 38.0 Å². The molecule has 2 aromatic carbocycles. The highest BCUT2D eigenvalue weighted by Gasteiger charge is 2.26. The topological polar surface area (TPSA) is 21.4 Å². The Balaban J connectivity index is 1.89. The first-order valence-corrected chi connectivity index (χ1v) is 10.5. The van der Waals surface area contributed by atoms with Crippen molar-refractivity contribution in [2.45, 2.75) is 44.9 Å². The molecule has 1 aliphatic rings. The summed E-state index contributed by atoms with van der Waals surface area (Å²) in [6, 6.07) is 14.6. The van der Waals surface area contributed by atoms with Gasteiger partial charge in [-0.2, -0.15) is 0 Å². The Morgan fingerprint density at radius 2 is 1.90 bits per heavy atom. The third kappa shape index (κ3) is 2.91. The molecule has 1 saturated carbocycles. The molecular weight excluding hydrogens is 356 g/mol. The molecule has 29 heavy (non-hydrogen) atoms. The van der Waals surface area contributed by atoms with Crippen LogP contribution in [0.4, 0.5) is 5.69 Å². The van der Waals surface area contributed by atoms with Crippen molar-refractivity contribution >= 4 is 27.6 Å². The van der Waals surface area contributed by atoms with Crippen LogP contribution in [0.15, 0.2) is 53.1 Å². The van der Waals surface area contributed by atoms with Gasteiger partial charge in [-0.05, 0) is 48.9 Å². The normalized spacial score (nSPS) is 15.1. The predicted octanol–water partition coefficient (Wildman–Crippen LogP) is 6.98. The Hall–Kier alpha value is -3.12. The molecule has 5 rings (SSSR count). The van der Waals surface area contributed by atoms with Gasteiger partial charge in [0.15, 0.2) is 11.9 Å². The number of fused-ring (bicyclic) bond motifs is 3. The van der Waals surface area contributed by atoms with E-state index in [4.69, 9.17) is 11.0 Å².